The number of halogens is 1. The highest BCUT2D eigenvalue weighted by Crippen LogP contribution is 2.39. The maximum atomic E-state index is 11.9. The van der Waals surface area contributed by atoms with Crippen molar-refractivity contribution in [1.82, 2.24) is 9.88 Å². The first-order valence-electron chi connectivity index (χ1n) is 7.98. The number of carbonyl (C=O) groups excluding carboxylic acids is 2. The second-order valence-electron chi connectivity index (χ2n) is 6.02. The maximum absolute atomic E-state index is 11.9. The maximum Gasteiger partial charge on any atom is 0.336 e. The zero-order chi connectivity index (χ0) is 18.7. The number of rotatable bonds is 4. The Balaban J connectivity index is 2.11. The van der Waals surface area contributed by atoms with Gasteiger partial charge in [0.2, 0.25) is 0 Å². The van der Waals surface area contributed by atoms with Gasteiger partial charge in [-0.15, -0.1) is 0 Å². The Morgan fingerprint density at radius 3 is 2.54 bits per heavy atom. The Bertz CT molecular complexity index is 893. The van der Waals surface area contributed by atoms with Gasteiger partial charge in [-0.05, 0) is 38.2 Å². The van der Waals surface area contributed by atoms with Crippen molar-refractivity contribution in [3.8, 4) is 22.8 Å². The number of hydrogen-bond donors (Lipinski definition) is 0. The molecule has 0 N–H and O–H groups in total. The van der Waals surface area contributed by atoms with Crippen molar-refractivity contribution in [3.63, 3.8) is 0 Å². The Morgan fingerprint density at radius 2 is 1.81 bits per heavy atom. The molecule has 7 heteroatoms. The van der Waals surface area contributed by atoms with Crippen molar-refractivity contribution < 1.29 is 19.1 Å². The fourth-order valence-electron chi connectivity index (χ4n) is 2.56. The summed E-state index contributed by atoms with van der Waals surface area (Å²) in [5.74, 6) is -1.06. The molecule has 0 aliphatic carbocycles. The number of esters is 2. The topological polar surface area (TPSA) is 68.7 Å². The molecule has 0 radical (unpaired) electrons. The van der Waals surface area contributed by atoms with Crippen molar-refractivity contribution >= 4 is 23.5 Å². The lowest BCUT2D eigenvalue weighted by atomic mass is 10.00. The van der Waals surface area contributed by atoms with Gasteiger partial charge in [-0.1, -0.05) is 17.7 Å². The Morgan fingerprint density at radius 1 is 1.08 bits per heavy atom. The molecule has 0 amide bonds. The van der Waals surface area contributed by atoms with Gasteiger partial charge in [0, 0.05) is 41.5 Å². The van der Waals surface area contributed by atoms with E-state index in [-0.39, 0.29) is 11.5 Å². The summed E-state index contributed by atoms with van der Waals surface area (Å²) >= 11 is 6.16. The van der Waals surface area contributed by atoms with E-state index < -0.39 is 11.9 Å². The van der Waals surface area contributed by atoms with Crippen molar-refractivity contribution in [2.45, 2.75) is 6.42 Å². The zero-order valence-corrected chi connectivity index (χ0v) is 15.1. The number of likely N-dealkylation sites (N-methyl/N-ethyl adjacent to an activating group) is 1. The summed E-state index contributed by atoms with van der Waals surface area (Å²) in [6.45, 7) is 0.805. The van der Waals surface area contributed by atoms with Gasteiger partial charge in [-0.2, -0.15) is 0 Å². The summed E-state index contributed by atoms with van der Waals surface area (Å²) < 4.78 is 10.6. The largest absolute Gasteiger partial charge is 0.419 e. The number of pyridine rings is 1. The van der Waals surface area contributed by atoms with E-state index in [0.717, 1.165) is 36.2 Å². The predicted octanol–water partition coefficient (Wildman–Crippen LogP) is 2.89. The number of hydrogen-bond acceptors (Lipinski definition) is 6. The van der Waals surface area contributed by atoms with E-state index in [2.05, 4.69) is 9.88 Å². The third kappa shape index (κ3) is 4.09. The van der Waals surface area contributed by atoms with Crippen LogP contribution in [0.2, 0.25) is 5.02 Å². The molecule has 26 heavy (non-hydrogen) atoms. The lowest BCUT2D eigenvalue weighted by Crippen LogP contribution is -2.16. The number of benzene rings is 1. The van der Waals surface area contributed by atoms with Crippen LogP contribution in [0, 0.1) is 0 Å². The molecule has 1 aromatic carbocycles. The number of aromatic nitrogens is 1. The summed E-state index contributed by atoms with van der Waals surface area (Å²) in [5, 5.41) is 0.604. The molecule has 0 unspecified atom stereocenters. The monoisotopic (exact) mass is 372 g/mol. The lowest BCUT2D eigenvalue weighted by Gasteiger charge is -2.17. The van der Waals surface area contributed by atoms with Gasteiger partial charge < -0.3 is 14.4 Å². The summed E-state index contributed by atoms with van der Waals surface area (Å²) in [5.41, 5.74) is 2.14. The zero-order valence-electron chi connectivity index (χ0n) is 14.4. The summed E-state index contributed by atoms with van der Waals surface area (Å²) in [6, 6.07) is 6.91. The molecule has 0 saturated heterocycles. The average molecular weight is 373 g/mol. The first kappa shape index (κ1) is 18.1. The van der Waals surface area contributed by atoms with Crippen molar-refractivity contribution in [3.05, 3.63) is 53.2 Å². The fourth-order valence-corrected chi connectivity index (χ4v) is 2.75. The molecule has 1 aliphatic rings. The molecular weight excluding hydrogens is 356 g/mol. The molecule has 2 heterocycles. The molecule has 0 fully saturated rings. The van der Waals surface area contributed by atoms with E-state index in [1.807, 2.05) is 26.2 Å². The molecule has 0 atom stereocenters. The summed E-state index contributed by atoms with van der Waals surface area (Å²) in [4.78, 5) is 30.0. The van der Waals surface area contributed by atoms with E-state index in [9.17, 15) is 9.59 Å². The molecule has 0 spiro atoms. The summed E-state index contributed by atoms with van der Waals surface area (Å²) in [7, 11) is 3.96. The standard InChI is InChI=1S/C19H17ClN2O4/c1-22(2)10-8-12-11-13(20)3-4-14(12)18-19-15(7-9-21-18)25-16(23)5-6-17(24)26-19/h3-7,9,11H,8,10H2,1-2H3/b6-5-. The minimum absolute atomic E-state index is 0.114. The van der Waals surface area contributed by atoms with E-state index in [4.69, 9.17) is 21.1 Å². The Kier molecular flexibility index (Phi) is 5.35. The van der Waals surface area contributed by atoms with Crippen LogP contribution in [0.3, 0.4) is 0 Å². The highest BCUT2D eigenvalue weighted by atomic mass is 35.5. The molecule has 3 rings (SSSR count). The van der Waals surface area contributed by atoms with Crippen molar-refractivity contribution in [1.29, 1.82) is 0 Å². The second-order valence-corrected chi connectivity index (χ2v) is 6.45. The fraction of sp³-hybridized carbons (Fsp3) is 0.211. The van der Waals surface area contributed by atoms with Crippen LogP contribution < -0.4 is 9.47 Å². The first-order chi connectivity index (χ1) is 12.4. The van der Waals surface area contributed by atoms with Gasteiger partial charge in [-0.25, -0.2) is 9.59 Å². The van der Waals surface area contributed by atoms with Gasteiger partial charge in [0.25, 0.3) is 0 Å². The van der Waals surface area contributed by atoms with Crippen LogP contribution >= 0.6 is 11.6 Å². The minimum Gasteiger partial charge on any atom is -0.419 e. The predicted molar refractivity (Wildman–Crippen MR) is 97.4 cm³/mol. The first-order valence-corrected chi connectivity index (χ1v) is 8.36. The normalized spacial score (nSPS) is 14.9. The van der Waals surface area contributed by atoms with Gasteiger partial charge in [0.1, 0.15) is 5.69 Å². The van der Waals surface area contributed by atoms with Crippen LogP contribution in [0.15, 0.2) is 42.6 Å². The third-order valence-electron chi connectivity index (χ3n) is 3.79. The number of carbonyl (C=O) groups is 2. The van der Waals surface area contributed by atoms with E-state index >= 15 is 0 Å². The van der Waals surface area contributed by atoms with Crippen LogP contribution in [0.5, 0.6) is 11.5 Å². The molecule has 2 aromatic rings. The second kappa shape index (κ2) is 7.68. The number of fused-ring (bicyclic) bond motifs is 1. The SMILES string of the molecule is CN(C)CCc1cc(Cl)ccc1-c1nccc2c1OC(=O)/C=C\C(=O)O2. The highest BCUT2D eigenvalue weighted by Gasteiger charge is 2.22. The Hall–Kier alpha value is -2.70. The van der Waals surface area contributed by atoms with Crippen molar-refractivity contribution in [2.75, 3.05) is 20.6 Å². The van der Waals surface area contributed by atoms with Gasteiger partial charge in [-0.3, -0.25) is 4.98 Å². The Labute approximate surface area is 156 Å². The highest BCUT2D eigenvalue weighted by molar-refractivity contribution is 6.30. The third-order valence-corrected chi connectivity index (χ3v) is 4.02. The minimum atomic E-state index is -0.666. The number of ether oxygens (including phenoxy) is 2. The molecule has 0 bridgehead atoms. The van der Waals surface area contributed by atoms with E-state index in [0.29, 0.717) is 10.7 Å². The number of nitrogens with zero attached hydrogens (tertiary/aromatic N) is 2. The molecule has 134 valence electrons. The molecule has 1 aromatic heterocycles. The summed E-state index contributed by atoms with van der Waals surface area (Å²) in [6.07, 6.45) is 4.28. The van der Waals surface area contributed by atoms with E-state index in [1.54, 1.807) is 6.07 Å². The van der Waals surface area contributed by atoms with Gasteiger partial charge in [0.05, 0.1) is 0 Å². The van der Waals surface area contributed by atoms with Crippen molar-refractivity contribution in [2.24, 2.45) is 0 Å². The average Bonchev–Trinajstić information content (AvgIpc) is 2.59. The molecule has 6 nitrogen and oxygen atoms in total. The lowest BCUT2D eigenvalue weighted by molar-refractivity contribution is -0.133. The van der Waals surface area contributed by atoms with Crippen LogP contribution in [0.4, 0.5) is 0 Å². The van der Waals surface area contributed by atoms with Crippen LogP contribution in [0.1, 0.15) is 5.56 Å². The van der Waals surface area contributed by atoms with Crippen LogP contribution in [-0.4, -0.2) is 42.5 Å². The van der Waals surface area contributed by atoms with E-state index in [1.165, 1.54) is 12.3 Å². The molecule has 1 aliphatic heterocycles. The van der Waals surface area contributed by atoms with Gasteiger partial charge >= 0.3 is 11.9 Å². The van der Waals surface area contributed by atoms with Gasteiger partial charge in [0.15, 0.2) is 11.5 Å². The smallest absolute Gasteiger partial charge is 0.336 e. The van der Waals surface area contributed by atoms with Crippen LogP contribution in [0.25, 0.3) is 11.3 Å². The van der Waals surface area contributed by atoms with Crippen LogP contribution in [-0.2, 0) is 16.0 Å². The molecular formula is C19H17ClN2O4. The quantitative estimate of drug-likeness (QED) is 0.769. The molecule has 0 saturated carbocycles.